The van der Waals surface area contributed by atoms with Gasteiger partial charge in [0.05, 0.1) is 24.2 Å². The molecule has 2 aromatic heterocycles. The number of aryl methyl sites for hydroxylation is 2. The van der Waals surface area contributed by atoms with Crippen LogP contribution in [0.3, 0.4) is 0 Å². The fourth-order valence-electron chi connectivity index (χ4n) is 2.21. The first kappa shape index (κ1) is 15.3. The SMILES string of the molecule is CCn1nc(C)c(CNc2ccc(OCCO)nc2)c1C. The molecule has 0 radical (unpaired) electrons. The van der Waals surface area contributed by atoms with Gasteiger partial charge in [-0.1, -0.05) is 0 Å². The molecule has 2 rings (SSSR count). The lowest BCUT2D eigenvalue weighted by atomic mass is 10.2. The van der Waals surface area contributed by atoms with Gasteiger partial charge >= 0.3 is 0 Å². The molecule has 0 aromatic carbocycles. The number of aliphatic hydroxyl groups excluding tert-OH is 1. The second-order valence-electron chi connectivity index (χ2n) is 4.78. The van der Waals surface area contributed by atoms with Gasteiger partial charge in [0, 0.05) is 30.4 Å². The maximum atomic E-state index is 8.69. The third-order valence-corrected chi connectivity index (χ3v) is 3.38. The monoisotopic (exact) mass is 290 g/mol. The number of aromatic nitrogens is 3. The van der Waals surface area contributed by atoms with Crippen LogP contribution in [-0.4, -0.2) is 33.1 Å². The van der Waals surface area contributed by atoms with Crippen molar-refractivity contribution in [2.24, 2.45) is 0 Å². The van der Waals surface area contributed by atoms with E-state index in [0.717, 1.165) is 24.5 Å². The summed E-state index contributed by atoms with van der Waals surface area (Å²) < 4.78 is 7.24. The first-order chi connectivity index (χ1) is 10.2. The lowest BCUT2D eigenvalue weighted by Crippen LogP contribution is -2.05. The number of nitrogens with zero attached hydrogens (tertiary/aromatic N) is 3. The minimum atomic E-state index is -0.0122. The van der Waals surface area contributed by atoms with E-state index in [4.69, 9.17) is 9.84 Å². The van der Waals surface area contributed by atoms with Gasteiger partial charge in [-0.15, -0.1) is 0 Å². The molecule has 0 bridgehead atoms. The van der Waals surface area contributed by atoms with Gasteiger partial charge in [-0.05, 0) is 26.8 Å². The molecular weight excluding hydrogens is 268 g/mol. The molecule has 0 aliphatic carbocycles. The van der Waals surface area contributed by atoms with Crippen LogP contribution in [0.2, 0.25) is 0 Å². The lowest BCUT2D eigenvalue weighted by Gasteiger charge is -2.08. The Morgan fingerprint density at radius 1 is 1.33 bits per heavy atom. The molecular formula is C15H22N4O2. The molecule has 0 aliphatic heterocycles. The Balaban J connectivity index is 1.98. The Bertz CT molecular complexity index is 578. The zero-order valence-corrected chi connectivity index (χ0v) is 12.8. The highest BCUT2D eigenvalue weighted by atomic mass is 16.5. The molecule has 0 fully saturated rings. The standard InChI is InChI=1S/C15H22N4O2/c1-4-19-12(3)14(11(2)18-19)10-16-13-5-6-15(17-9-13)21-8-7-20/h5-6,9,16,20H,4,7-8,10H2,1-3H3. The summed E-state index contributed by atoms with van der Waals surface area (Å²) in [4.78, 5) is 4.18. The van der Waals surface area contributed by atoms with Crippen LogP contribution in [0.25, 0.3) is 0 Å². The highest BCUT2D eigenvalue weighted by Gasteiger charge is 2.10. The third kappa shape index (κ3) is 3.72. The van der Waals surface area contributed by atoms with Gasteiger partial charge in [0.25, 0.3) is 0 Å². The number of nitrogens with one attached hydrogen (secondary N) is 1. The van der Waals surface area contributed by atoms with Crippen LogP contribution in [0, 0.1) is 13.8 Å². The van der Waals surface area contributed by atoms with E-state index in [0.29, 0.717) is 5.88 Å². The summed E-state index contributed by atoms with van der Waals surface area (Å²) in [6.45, 7) is 8.05. The Hall–Kier alpha value is -2.08. The van der Waals surface area contributed by atoms with E-state index in [-0.39, 0.29) is 13.2 Å². The Morgan fingerprint density at radius 2 is 2.14 bits per heavy atom. The number of ether oxygens (including phenoxy) is 1. The summed E-state index contributed by atoms with van der Waals surface area (Å²) in [5.41, 5.74) is 4.39. The Morgan fingerprint density at radius 3 is 2.71 bits per heavy atom. The first-order valence-electron chi connectivity index (χ1n) is 7.12. The van der Waals surface area contributed by atoms with Crippen LogP contribution >= 0.6 is 0 Å². The molecule has 114 valence electrons. The Labute approximate surface area is 124 Å². The molecule has 2 N–H and O–H groups in total. The number of anilines is 1. The number of hydrogen-bond donors (Lipinski definition) is 2. The molecule has 0 saturated heterocycles. The summed E-state index contributed by atoms with van der Waals surface area (Å²) in [5, 5.41) is 16.5. The highest BCUT2D eigenvalue weighted by molar-refractivity contribution is 5.43. The van der Waals surface area contributed by atoms with Gasteiger partial charge in [-0.2, -0.15) is 5.10 Å². The second kappa shape index (κ2) is 7.08. The van der Waals surface area contributed by atoms with Crippen molar-refractivity contribution in [3.63, 3.8) is 0 Å². The van der Waals surface area contributed by atoms with Gasteiger partial charge in [-0.3, -0.25) is 4.68 Å². The summed E-state index contributed by atoms with van der Waals surface area (Å²) in [7, 11) is 0. The lowest BCUT2D eigenvalue weighted by molar-refractivity contribution is 0.196. The summed E-state index contributed by atoms with van der Waals surface area (Å²) in [6, 6.07) is 3.70. The molecule has 2 heterocycles. The number of rotatable bonds is 7. The van der Waals surface area contributed by atoms with Crippen molar-refractivity contribution in [2.45, 2.75) is 33.9 Å². The van der Waals surface area contributed by atoms with Gasteiger partial charge in [0.1, 0.15) is 6.61 Å². The molecule has 21 heavy (non-hydrogen) atoms. The predicted octanol–water partition coefficient (Wildman–Crippen LogP) is 1.90. The fraction of sp³-hybridized carbons (Fsp3) is 0.467. The van der Waals surface area contributed by atoms with E-state index < -0.39 is 0 Å². The number of hydrogen-bond acceptors (Lipinski definition) is 5. The fourth-order valence-corrected chi connectivity index (χ4v) is 2.21. The van der Waals surface area contributed by atoms with E-state index in [1.165, 1.54) is 11.3 Å². The quantitative estimate of drug-likeness (QED) is 0.815. The van der Waals surface area contributed by atoms with Gasteiger partial charge in [0.2, 0.25) is 5.88 Å². The molecule has 0 atom stereocenters. The van der Waals surface area contributed by atoms with E-state index in [1.807, 2.05) is 17.7 Å². The molecule has 6 nitrogen and oxygen atoms in total. The van der Waals surface area contributed by atoms with Gasteiger partial charge in [-0.25, -0.2) is 4.98 Å². The average Bonchev–Trinajstić information content (AvgIpc) is 2.78. The summed E-state index contributed by atoms with van der Waals surface area (Å²) in [5.74, 6) is 0.515. The first-order valence-corrected chi connectivity index (χ1v) is 7.12. The van der Waals surface area contributed by atoms with E-state index in [9.17, 15) is 0 Å². The maximum Gasteiger partial charge on any atom is 0.213 e. The largest absolute Gasteiger partial charge is 0.475 e. The topological polar surface area (TPSA) is 72.2 Å². The van der Waals surface area contributed by atoms with Crippen LogP contribution in [0.1, 0.15) is 23.9 Å². The van der Waals surface area contributed by atoms with E-state index in [1.54, 1.807) is 12.3 Å². The molecule has 0 unspecified atom stereocenters. The van der Waals surface area contributed by atoms with Crippen LogP contribution in [-0.2, 0) is 13.1 Å². The average molecular weight is 290 g/mol. The molecule has 0 saturated carbocycles. The number of pyridine rings is 1. The zero-order valence-electron chi connectivity index (χ0n) is 12.8. The number of aliphatic hydroxyl groups is 1. The van der Waals surface area contributed by atoms with Crippen LogP contribution in [0.5, 0.6) is 5.88 Å². The zero-order chi connectivity index (χ0) is 15.2. The van der Waals surface area contributed by atoms with Crippen molar-refractivity contribution in [1.29, 1.82) is 0 Å². The van der Waals surface area contributed by atoms with Crippen molar-refractivity contribution in [3.8, 4) is 5.88 Å². The molecule has 6 heteroatoms. The minimum Gasteiger partial charge on any atom is -0.475 e. The predicted molar refractivity (Wildman–Crippen MR) is 81.5 cm³/mol. The van der Waals surface area contributed by atoms with Crippen molar-refractivity contribution in [1.82, 2.24) is 14.8 Å². The van der Waals surface area contributed by atoms with E-state index >= 15 is 0 Å². The van der Waals surface area contributed by atoms with Crippen molar-refractivity contribution < 1.29 is 9.84 Å². The van der Waals surface area contributed by atoms with Crippen molar-refractivity contribution >= 4 is 5.69 Å². The molecule has 0 spiro atoms. The van der Waals surface area contributed by atoms with Gasteiger partial charge in [0.15, 0.2) is 0 Å². The van der Waals surface area contributed by atoms with Crippen LogP contribution in [0.4, 0.5) is 5.69 Å². The smallest absolute Gasteiger partial charge is 0.213 e. The summed E-state index contributed by atoms with van der Waals surface area (Å²) in [6.07, 6.45) is 1.72. The molecule has 2 aromatic rings. The highest BCUT2D eigenvalue weighted by Crippen LogP contribution is 2.16. The third-order valence-electron chi connectivity index (χ3n) is 3.38. The van der Waals surface area contributed by atoms with Crippen LogP contribution < -0.4 is 10.1 Å². The van der Waals surface area contributed by atoms with Gasteiger partial charge < -0.3 is 15.2 Å². The van der Waals surface area contributed by atoms with Crippen molar-refractivity contribution in [2.75, 3.05) is 18.5 Å². The maximum absolute atomic E-state index is 8.69. The van der Waals surface area contributed by atoms with Crippen LogP contribution in [0.15, 0.2) is 18.3 Å². The Kier molecular flexibility index (Phi) is 5.16. The minimum absolute atomic E-state index is 0.0122. The molecule has 0 amide bonds. The van der Waals surface area contributed by atoms with Crippen molar-refractivity contribution in [3.05, 3.63) is 35.3 Å². The normalized spacial score (nSPS) is 10.7. The van der Waals surface area contributed by atoms with E-state index in [2.05, 4.69) is 29.2 Å². The summed E-state index contributed by atoms with van der Waals surface area (Å²) >= 11 is 0. The second-order valence-corrected chi connectivity index (χ2v) is 4.78. The molecule has 0 aliphatic rings.